The number of aromatic nitrogens is 2. The molecule has 25 heavy (non-hydrogen) atoms. The van der Waals surface area contributed by atoms with Gasteiger partial charge in [0.15, 0.2) is 0 Å². The van der Waals surface area contributed by atoms with Gasteiger partial charge in [-0.05, 0) is 24.1 Å². The molecule has 0 aliphatic carbocycles. The summed E-state index contributed by atoms with van der Waals surface area (Å²) in [4.78, 5) is 19.5. The Balaban J connectivity index is 1.76. The highest BCUT2D eigenvalue weighted by Gasteiger charge is 2.32. The molecule has 5 nitrogen and oxygen atoms in total. The van der Waals surface area contributed by atoms with Crippen molar-refractivity contribution in [2.24, 2.45) is 13.0 Å². The van der Waals surface area contributed by atoms with Crippen molar-refractivity contribution in [2.45, 2.75) is 19.4 Å². The highest BCUT2D eigenvalue weighted by Crippen LogP contribution is 2.27. The third kappa shape index (κ3) is 4.00. The summed E-state index contributed by atoms with van der Waals surface area (Å²) in [6, 6.07) is 5.37. The zero-order valence-corrected chi connectivity index (χ0v) is 15.9. The number of hydrogen-bond donors (Lipinski definition) is 1. The van der Waals surface area contributed by atoms with E-state index in [-0.39, 0.29) is 17.9 Å². The fourth-order valence-corrected chi connectivity index (χ4v) is 3.77. The summed E-state index contributed by atoms with van der Waals surface area (Å²) >= 11 is 12.2. The lowest BCUT2D eigenvalue weighted by Gasteiger charge is -2.37. The van der Waals surface area contributed by atoms with Gasteiger partial charge in [0.05, 0.1) is 0 Å². The predicted molar refractivity (Wildman–Crippen MR) is 99.9 cm³/mol. The summed E-state index contributed by atoms with van der Waals surface area (Å²) < 4.78 is 1.97. The lowest BCUT2D eigenvalue weighted by atomic mass is 9.98. The van der Waals surface area contributed by atoms with Gasteiger partial charge < -0.3 is 14.8 Å². The minimum atomic E-state index is -0.167. The quantitative estimate of drug-likeness (QED) is 0.886. The molecule has 2 heterocycles. The first-order valence-corrected chi connectivity index (χ1v) is 9.15. The van der Waals surface area contributed by atoms with Crippen molar-refractivity contribution in [2.75, 3.05) is 19.6 Å². The molecule has 1 aliphatic rings. The number of carbonyl (C=O) groups is 1. The fourth-order valence-electron chi connectivity index (χ4n) is 3.28. The van der Waals surface area contributed by atoms with Crippen molar-refractivity contribution >= 4 is 29.1 Å². The lowest BCUT2D eigenvalue weighted by Crippen LogP contribution is -2.51. The third-order valence-electron chi connectivity index (χ3n) is 4.65. The average Bonchev–Trinajstić information content (AvgIpc) is 3.02. The number of rotatable bonds is 4. The van der Waals surface area contributed by atoms with Gasteiger partial charge in [-0.15, -0.1) is 0 Å². The fraction of sp³-hybridized carbons (Fsp3) is 0.444. The van der Waals surface area contributed by atoms with Crippen molar-refractivity contribution in [1.82, 2.24) is 19.8 Å². The molecular weight excluding hydrogens is 359 g/mol. The second kappa shape index (κ2) is 7.77. The van der Waals surface area contributed by atoms with Crippen LogP contribution in [-0.4, -0.2) is 40.0 Å². The van der Waals surface area contributed by atoms with Crippen molar-refractivity contribution in [3.63, 3.8) is 0 Å². The molecule has 2 atom stereocenters. The summed E-state index contributed by atoms with van der Waals surface area (Å²) in [5.74, 6) is 0.859. The Hall–Kier alpha value is -1.56. The number of nitrogens with one attached hydrogen (secondary N) is 1. The molecule has 134 valence electrons. The molecular formula is C18H22Cl2N4O. The highest BCUT2D eigenvalue weighted by atomic mass is 35.5. The van der Waals surface area contributed by atoms with Crippen LogP contribution in [0, 0.1) is 5.92 Å². The minimum absolute atomic E-state index is 0.0515. The van der Waals surface area contributed by atoms with Gasteiger partial charge >= 0.3 is 0 Å². The average molecular weight is 381 g/mol. The van der Waals surface area contributed by atoms with Crippen LogP contribution in [0.3, 0.4) is 0 Å². The smallest absolute Gasteiger partial charge is 0.226 e. The second-order valence-corrected chi connectivity index (χ2v) is 7.33. The number of carbonyl (C=O) groups excluding carboxylic acids is 1. The summed E-state index contributed by atoms with van der Waals surface area (Å²) in [6.07, 6.45) is 4.26. The van der Waals surface area contributed by atoms with Crippen molar-refractivity contribution in [3.8, 4) is 0 Å². The lowest BCUT2D eigenvalue weighted by molar-refractivity contribution is -0.138. The van der Waals surface area contributed by atoms with E-state index in [0.717, 1.165) is 17.9 Å². The van der Waals surface area contributed by atoms with Gasteiger partial charge in [0.1, 0.15) is 11.9 Å². The maximum atomic E-state index is 13.1. The molecule has 1 aromatic carbocycles. The number of benzene rings is 1. The number of halogens is 2. The van der Waals surface area contributed by atoms with Crippen LogP contribution in [0.1, 0.15) is 24.4 Å². The van der Waals surface area contributed by atoms with Gasteiger partial charge in [-0.2, -0.15) is 0 Å². The largest absolute Gasteiger partial charge is 0.336 e. The van der Waals surface area contributed by atoms with Gasteiger partial charge in [-0.1, -0.05) is 36.2 Å². The molecule has 1 aliphatic heterocycles. The van der Waals surface area contributed by atoms with Crippen LogP contribution < -0.4 is 5.32 Å². The van der Waals surface area contributed by atoms with Crippen LogP contribution in [0.5, 0.6) is 0 Å². The Bertz CT molecular complexity index is 761. The predicted octanol–water partition coefficient (Wildman–Crippen LogP) is 3.08. The molecule has 2 aromatic rings. The summed E-state index contributed by atoms with van der Waals surface area (Å²) in [6.45, 7) is 4.13. The Morgan fingerprint density at radius 3 is 2.92 bits per heavy atom. The Morgan fingerprint density at radius 1 is 1.44 bits per heavy atom. The molecule has 3 rings (SSSR count). The van der Waals surface area contributed by atoms with Gasteiger partial charge in [-0.3, -0.25) is 4.79 Å². The van der Waals surface area contributed by atoms with E-state index in [0.29, 0.717) is 29.6 Å². The van der Waals surface area contributed by atoms with Crippen LogP contribution in [0.15, 0.2) is 30.6 Å². The van der Waals surface area contributed by atoms with Gasteiger partial charge in [-0.25, -0.2) is 4.98 Å². The SMILES string of the molecule is CC(Cc1ccc(Cl)cc1Cl)C(=O)N1CCNCC1c1nccn1C. The number of amides is 1. The summed E-state index contributed by atoms with van der Waals surface area (Å²) in [5.41, 5.74) is 0.940. The number of aryl methyl sites for hydroxylation is 1. The monoisotopic (exact) mass is 380 g/mol. The van der Waals surface area contributed by atoms with Crippen LogP contribution >= 0.6 is 23.2 Å². The van der Waals surface area contributed by atoms with Crippen molar-refractivity contribution in [3.05, 3.63) is 52.0 Å². The zero-order valence-electron chi connectivity index (χ0n) is 14.4. The van der Waals surface area contributed by atoms with Crippen LogP contribution in [0.4, 0.5) is 0 Å². The Kier molecular flexibility index (Phi) is 5.67. The molecule has 1 aromatic heterocycles. The topological polar surface area (TPSA) is 50.2 Å². The van der Waals surface area contributed by atoms with Crippen molar-refractivity contribution < 1.29 is 4.79 Å². The number of piperazine rings is 1. The molecule has 1 saturated heterocycles. The zero-order chi connectivity index (χ0) is 18.0. The summed E-state index contributed by atoms with van der Waals surface area (Å²) in [7, 11) is 1.95. The molecule has 1 N–H and O–H groups in total. The molecule has 1 fully saturated rings. The first-order valence-electron chi connectivity index (χ1n) is 8.39. The Labute approximate surface area is 157 Å². The van der Waals surface area contributed by atoms with E-state index in [9.17, 15) is 4.79 Å². The Morgan fingerprint density at radius 2 is 2.24 bits per heavy atom. The van der Waals surface area contributed by atoms with Gasteiger partial charge in [0.25, 0.3) is 0 Å². The molecule has 0 radical (unpaired) electrons. The van der Waals surface area contributed by atoms with E-state index in [1.54, 1.807) is 12.3 Å². The van der Waals surface area contributed by atoms with Crippen LogP contribution in [0.25, 0.3) is 0 Å². The molecule has 0 saturated carbocycles. The number of imidazole rings is 1. The maximum absolute atomic E-state index is 13.1. The van der Waals surface area contributed by atoms with E-state index in [1.165, 1.54) is 0 Å². The second-order valence-electron chi connectivity index (χ2n) is 6.49. The first kappa shape index (κ1) is 18.2. The minimum Gasteiger partial charge on any atom is -0.336 e. The normalized spacial score (nSPS) is 19.0. The first-order chi connectivity index (χ1) is 12.0. The van der Waals surface area contributed by atoms with Crippen LogP contribution in [0.2, 0.25) is 10.0 Å². The summed E-state index contributed by atoms with van der Waals surface area (Å²) in [5, 5.41) is 4.56. The highest BCUT2D eigenvalue weighted by molar-refractivity contribution is 6.35. The van der Waals surface area contributed by atoms with Gasteiger partial charge in [0, 0.05) is 55.0 Å². The van der Waals surface area contributed by atoms with Crippen molar-refractivity contribution in [1.29, 1.82) is 0 Å². The van der Waals surface area contributed by atoms with E-state index >= 15 is 0 Å². The molecule has 1 amide bonds. The third-order valence-corrected chi connectivity index (χ3v) is 5.23. The van der Waals surface area contributed by atoms with Gasteiger partial charge in [0.2, 0.25) is 5.91 Å². The van der Waals surface area contributed by atoms with E-state index in [1.807, 2.05) is 41.8 Å². The molecule has 0 spiro atoms. The molecule has 2 unspecified atom stereocenters. The van der Waals surface area contributed by atoms with Crippen LogP contribution in [-0.2, 0) is 18.3 Å². The molecule has 7 heteroatoms. The van der Waals surface area contributed by atoms with E-state index < -0.39 is 0 Å². The standard InChI is InChI=1S/C18H22Cl2N4O/c1-12(9-13-3-4-14(19)10-15(13)20)18(25)24-8-5-21-11-16(24)17-22-6-7-23(17)2/h3-4,6-7,10,12,16,21H,5,8-9,11H2,1-2H3. The number of nitrogens with zero attached hydrogens (tertiary/aromatic N) is 3. The number of hydrogen-bond acceptors (Lipinski definition) is 3. The van der Waals surface area contributed by atoms with E-state index in [4.69, 9.17) is 23.2 Å². The van der Waals surface area contributed by atoms with E-state index in [2.05, 4.69) is 10.3 Å². The maximum Gasteiger partial charge on any atom is 0.226 e. The molecule has 0 bridgehead atoms.